The Labute approximate surface area is 166 Å². The number of hydrogen-bond acceptors (Lipinski definition) is 5. The van der Waals surface area contributed by atoms with E-state index in [-0.39, 0.29) is 18.5 Å². The average molecular weight is 405 g/mol. The molecule has 1 saturated heterocycles. The Morgan fingerprint density at radius 2 is 2.00 bits per heavy atom. The predicted octanol–water partition coefficient (Wildman–Crippen LogP) is 4.02. The van der Waals surface area contributed by atoms with Crippen molar-refractivity contribution in [1.82, 2.24) is 15.2 Å². The lowest BCUT2D eigenvalue weighted by Gasteiger charge is -2.32. The summed E-state index contributed by atoms with van der Waals surface area (Å²) in [5.41, 5.74) is 1.84. The van der Waals surface area contributed by atoms with Gasteiger partial charge in [0.1, 0.15) is 6.10 Å². The Balaban J connectivity index is 1.32. The fourth-order valence-electron chi connectivity index (χ4n) is 3.37. The van der Waals surface area contributed by atoms with Crippen LogP contribution in [0.25, 0.3) is 10.9 Å². The number of ether oxygens (including phenoxy) is 1. The zero-order valence-corrected chi connectivity index (χ0v) is 16.0. The van der Waals surface area contributed by atoms with E-state index in [4.69, 9.17) is 27.9 Å². The molecule has 140 valence electrons. The van der Waals surface area contributed by atoms with Crippen molar-refractivity contribution in [2.45, 2.75) is 25.4 Å². The molecule has 3 heterocycles. The van der Waals surface area contributed by atoms with Crippen molar-refractivity contribution in [2.75, 3.05) is 18.0 Å². The average Bonchev–Trinajstić information content (AvgIpc) is 3.05. The van der Waals surface area contributed by atoms with E-state index >= 15 is 0 Å². The van der Waals surface area contributed by atoms with E-state index in [9.17, 15) is 4.79 Å². The van der Waals surface area contributed by atoms with E-state index in [1.165, 1.54) is 0 Å². The molecular formula is C19H18Cl2N4O2. The van der Waals surface area contributed by atoms with Crippen LogP contribution in [0.2, 0.25) is 10.2 Å². The van der Waals surface area contributed by atoms with E-state index in [0.717, 1.165) is 48.2 Å². The minimum atomic E-state index is -0.212. The minimum Gasteiger partial charge on any atom is -0.462 e. The molecule has 1 aromatic carbocycles. The second-order valence-electron chi connectivity index (χ2n) is 6.57. The number of piperidine rings is 1. The van der Waals surface area contributed by atoms with Gasteiger partial charge in [0.15, 0.2) is 11.0 Å². The van der Waals surface area contributed by atoms with E-state index in [0.29, 0.717) is 10.2 Å². The van der Waals surface area contributed by atoms with Crippen molar-refractivity contribution in [3.05, 3.63) is 52.3 Å². The number of H-pyrrole nitrogens is 1. The Morgan fingerprint density at radius 3 is 2.74 bits per heavy atom. The van der Waals surface area contributed by atoms with Gasteiger partial charge < -0.3 is 14.6 Å². The Kier molecular flexibility index (Phi) is 5.18. The topological polar surface area (TPSA) is 71.1 Å². The van der Waals surface area contributed by atoms with Crippen LogP contribution in [0.1, 0.15) is 18.4 Å². The van der Waals surface area contributed by atoms with Crippen molar-refractivity contribution in [1.29, 1.82) is 0 Å². The minimum absolute atomic E-state index is 0.0753. The van der Waals surface area contributed by atoms with Gasteiger partial charge in [0, 0.05) is 48.1 Å². The molecule has 0 spiro atoms. The lowest BCUT2D eigenvalue weighted by molar-refractivity contribution is -0.149. The van der Waals surface area contributed by atoms with Crippen molar-refractivity contribution >= 4 is 45.9 Å². The van der Waals surface area contributed by atoms with Gasteiger partial charge in [-0.3, -0.25) is 4.79 Å². The molecule has 8 heteroatoms. The van der Waals surface area contributed by atoms with Crippen LogP contribution in [0.3, 0.4) is 0 Å². The number of aromatic nitrogens is 3. The summed E-state index contributed by atoms with van der Waals surface area (Å²) < 4.78 is 5.68. The van der Waals surface area contributed by atoms with Gasteiger partial charge in [-0.15, -0.1) is 10.2 Å². The number of anilines is 1. The van der Waals surface area contributed by atoms with Crippen LogP contribution >= 0.6 is 23.2 Å². The first-order valence-electron chi connectivity index (χ1n) is 8.77. The lowest BCUT2D eigenvalue weighted by Crippen LogP contribution is -2.38. The van der Waals surface area contributed by atoms with Crippen molar-refractivity contribution in [2.24, 2.45) is 0 Å². The van der Waals surface area contributed by atoms with Crippen molar-refractivity contribution in [3.8, 4) is 0 Å². The van der Waals surface area contributed by atoms with Gasteiger partial charge in [0.25, 0.3) is 0 Å². The zero-order chi connectivity index (χ0) is 18.8. The molecule has 1 N–H and O–H groups in total. The summed E-state index contributed by atoms with van der Waals surface area (Å²) in [5.74, 6) is 0.581. The maximum atomic E-state index is 12.4. The third-order valence-corrected chi connectivity index (χ3v) is 5.18. The first-order valence-corrected chi connectivity index (χ1v) is 9.53. The quantitative estimate of drug-likeness (QED) is 0.664. The van der Waals surface area contributed by atoms with Crippen LogP contribution in [-0.4, -0.2) is 40.3 Å². The summed E-state index contributed by atoms with van der Waals surface area (Å²) >= 11 is 11.8. The Hall–Kier alpha value is -2.31. The first-order chi connectivity index (χ1) is 13.1. The second-order valence-corrected chi connectivity index (χ2v) is 7.39. The molecule has 3 aromatic rings. The van der Waals surface area contributed by atoms with E-state index < -0.39 is 0 Å². The predicted molar refractivity (Wildman–Crippen MR) is 105 cm³/mol. The lowest BCUT2D eigenvalue weighted by atomic mass is 10.1. The molecule has 1 aliphatic heterocycles. The number of carbonyl (C=O) groups is 1. The number of aromatic amines is 1. The monoisotopic (exact) mass is 404 g/mol. The smallest absolute Gasteiger partial charge is 0.310 e. The van der Waals surface area contributed by atoms with E-state index in [1.54, 1.807) is 6.07 Å². The molecule has 1 aliphatic rings. The molecule has 0 bridgehead atoms. The van der Waals surface area contributed by atoms with Crippen LogP contribution in [-0.2, 0) is 16.0 Å². The van der Waals surface area contributed by atoms with Gasteiger partial charge in [-0.1, -0.05) is 29.3 Å². The number of benzene rings is 1. The Bertz CT molecular complexity index is 950. The number of carbonyl (C=O) groups excluding carboxylic acids is 1. The molecule has 0 unspecified atom stereocenters. The molecule has 27 heavy (non-hydrogen) atoms. The van der Waals surface area contributed by atoms with Gasteiger partial charge in [-0.05, 0) is 29.8 Å². The number of rotatable bonds is 4. The molecule has 6 nitrogen and oxygen atoms in total. The van der Waals surface area contributed by atoms with Crippen LogP contribution in [0.4, 0.5) is 5.82 Å². The first kappa shape index (κ1) is 18.1. The third kappa shape index (κ3) is 4.17. The summed E-state index contributed by atoms with van der Waals surface area (Å²) in [5, 5.41) is 10.00. The number of esters is 1. The normalized spacial score (nSPS) is 15.3. The van der Waals surface area contributed by atoms with Gasteiger partial charge in [-0.2, -0.15) is 0 Å². The van der Waals surface area contributed by atoms with E-state index in [2.05, 4.69) is 20.1 Å². The fraction of sp³-hybridized carbons (Fsp3) is 0.316. The van der Waals surface area contributed by atoms with Crippen LogP contribution in [0.15, 0.2) is 36.5 Å². The SMILES string of the molecule is O=C(Cc1c[nH]c2cc(Cl)ccc12)OC1CCN(c2ccc(Cl)nn2)CC1. The zero-order valence-electron chi connectivity index (χ0n) is 14.5. The maximum absolute atomic E-state index is 12.4. The van der Waals surface area contributed by atoms with Gasteiger partial charge in [0.2, 0.25) is 0 Å². The summed E-state index contributed by atoms with van der Waals surface area (Å²) in [7, 11) is 0. The van der Waals surface area contributed by atoms with Gasteiger partial charge >= 0.3 is 5.97 Å². The third-order valence-electron chi connectivity index (χ3n) is 4.75. The number of hydrogen-bond donors (Lipinski definition) is 1. The molecule has 2 aromatic heterocycles. The highest BCUT2D eigenvalue weighted by atomic mass is 35.5. The standard InChI is InChI=1S/C19H18Cl2N4O2/c20-13-1-2-15-12(11-22-16(15)10-13)9-19(26)27-14-5-7-25(8-6-14)18-4-3-17(21)23-24-18/h1-4,10-11,14,22H,5-9H2. The molecule has 0 aliphatic carbocycles. The molecular weight excluding hydrogens is 387 g/mol. The summed E-state index contributed by atoms with van der Waals surface area (Å²) in [4.78, 5) is 17.6. The molecule has 0 amide bonds. The Morgan fingerprint density at radius 1 is 1.19 bits per heavy atom. The van der Waals surface area contributed by atoms with Crippen LogP contribution in [0.5, 0.6) is 0 Å². The number of nitrogens with zero attached hydrogens (tertiary/aromatic N) is 3. The van der Waals surface area contributed by atoms with Gasteiger partial charge in [0.05, 0.1) is 6.42 Å². The highest BCUT2D eigenvalue weighted by Crippen LogP contribution is 2.24. The van der Waals surface area contributed by atoms with E-state index in [1.807, 2.05) is 30.5 Å². The summed E-state index contributed by atoms with van der Waals surface area (Å²) in [6, 6.07) is 9.17. The summed E-state index contributed by atoms with van der Waals surface area (Å²) in [6.45, 7) is 1.53. The fourth-order valence-corrected chi connectivity index (χ4v) is 3.64. The van der Waals surface area contributed by atoms with Crippen molar-refractivity contribution < 1.29 is 9.53 Å². The molecule has 0 atom stereocenters. The van der Waals surface area contributed by atoms with Crippen molar-refractivity contribution in [3.63, 3.8) is 0 Å². The van der Waals surface area contributed by atoms with Crippen LogP contribution in [0, 0.1) is 0 Å². The number of halogens is 2. The molecule has 0 saturated carbocycles. The summed E-state index contributed by atoms with van der Waals surface area (Å²) in [6.07, 6.45) is 3.53. The number of fused-ring (bicyclic) bond motifs is 1. The second kappa shape index (κ2) is 7.74. The van der Waals surface area contributed by atoms with Gasteiger partial charge in [-0.25, -0.2) is 0 Å². The largest absolute Gasteiger partial charge is 0.462 e. The molecule has 0 radical (unpaired) electrons. The number of nitrogens with one attached hydrogen (secondary N) is 1. The maximum Gasteiger partial charge on any atom is 0.310 e. The highest BCUT2D eigenvalue weighted by molar-refractivity contribution is 6.31. The highest BCUT2D eigenvalue weighted by Gasteiger charge is 2.23. The van der Waals surface area contributed by atoms with Crippen LogP contribution < -0.4 is 4.90 Å². The molecule has 1 fully saturated rings. The molecule has 4 rings (SSSR count).